The number of carbonyl (C=O) groups excluding carboxylic acids is 1. The van der Waals surface area contributed by atoms with Crippen LogP contribution in [0.15, 0.2) is 60.7 Å². The van der Waals surface area contributed by atoms with Gasteiger partial charge in [0.05, 0.1) is 5.75 Å². The average Bonchev–Trinajstić information content (AvgIpc) is 2.76. The Labute approximate surface area is 185 Å². The topological polar surface area (TPSA) is 66.5 Å². The van der Waals surface area contributed by atoms with Gasteiger partial charge in [-0.15, -0.1) is 0 Å². The molecular weight excluding hydrogens is 439 g/mol. The van der Waals surface area contributed by atoms with Crippen LogP contribution in [0, 0.1) is 11.7 Å². The number of nitrogens with zero attached hydrogens (tertiary/aromatic N) is 1. The van der Waals surface area contributed by atoms with Gasteiger partial charge in [-0.3, -0.25) is 4.79 Å². The molecule has 0 aliphatic carbocycles. The van der Waals surface area contributed by atoms with Crippen molar-refractivity contribution in [2.24, 2.45) is 5.92 Å². The van der Waals surface area contributed by atoms with Crippen LogP contribution in [0.5, 0.6) is 0 Å². The van der Waals surface area contributed by atoms with Crippen molar-refractivity contribution in [3.05, 3.63) is 77.1 Å². The summed E-state index contributed by atoms with van der Waals surface area (Å²) in [5.74, 6) is -1.54. The van der Waals surface area contributed by atoms with Crippen molar-refractivity contribution in [2.45, 2.75) is 18.6 Å². The molecule has 162 valence electrons. The largest absolute Gasteiger partial charge is 0.326 e. The minimum atomic E-state index is -3.74. The lowest BCUT2D eigenvalue weighted by Crippen LogP contribution is -2.42. The minimum absolute atomic E-state index is 0.0275. The van der Waals surface area contributed by atoms with Gasteiger partial charge in [0.25, 0.3) is 0 Å². The first-order valence-electron chi connectivity index (χ1n) is 10.0. The Morgan fingerprint density at radius 2 is 1.74 bits per heavy atom. The van der Waals surface area contributed by atoms with E-state index in [4.69, 9.17) is 11.6 Å². The number of carbonyl (C=O) groups is 1. The monoisotopic (exact) mass is 460 g/mol. The first-order valence-corrected chi connectivity index (χ1v) is 12.0. The quantitative estimate of drug-likeness (QED) is 0.594. The van der Waals surface area contributed by atoms with Crippen molar-refractivity contribution in [1.82, 2.24) is 4.31 Å². The van der Waals surface area contributed by atoms with Crippen LogP contribution in [-0.2, 0) is 20.6 Å². The van der Waals surface area contributed by atoms with Gasteiger partial charge in [-0.1, -0.05) is 48.0 Å². The molecule has 1 fully saturated rings. The predicted molar refractivity (Wildman–Crippen MR) is 121 cm³/mol. The fraction of sp³-hybridized carbons (Fsp3) is 0.261. The van der Waals surface area contributed by atoms with Crippen LogP contribution < -0.4 is 5.32 Å². The third kappa shape index (κ3) is 4.89. The van der Waals surface area contributed by atoms with Gasteiger partial charge in [0.2, 0.25) is 15.9 Å². The zero-order valence-corrected chi connectivity index (χ0v) is 18.3. The Morgan fingerprint density at radius 3 is 2.45 bits per heavy atom. The molecular formula is C23H22ClFN2O3S. The van der Waals surface area contributed by atoms with Crippen LogP contribution in [0.25, 0.3) is 10.8 Å². The Bertz CT molecular complexity index is 1200. The van der Waals surface area contributed by atoms with Gasteiger partial charge in [-0.2, -0.15) is 0 Å². The molecule has 1 saturated heterocycles. The third-order valence-electron chi connectivity index (χ3n) is 5.62. The molecule has 0 saturated carbocycles. The number of hydrogen-bond acceptors (Lipinski definition) is 3. The first-order chi connectivity index (χ1) is 14.8. The van der Waals surface area contributed by atoms with E-state index in [2.05, 4.69) is 5.32 Å². The summed E-state index contributed by atoms with van der Waals surface area (Å²) in [6.45, 7) is 0.425. The van der Waals surface area contributed by atoms with Gasteiger partial charge in [-0.25, -0.2) is 17.1 Å². The summed E-state index contributed by atoms with van der Waals surface area (Å²) in [6, 6.07) is 17.7. The summed E-state index contributed by atoms with van der Waals surface area (Å²) in [4.78, 5) is 12.7. The van der Waals surface area contributed by atoms with Crippen LogP contribution in [-0.4, -0.2) is 31.7 Å². The van der Waals surface area contributed by atoms with Gasteiger partial charge in [-0.05, 0) is 47.9 Å². The Kier molecular flexibility index (Phi) is 6.27. The number of halogens is 2. The molecule has 4 rings (SSSR count). The van der Waals surface area contributed by atoms with E-state index in [0.29, 0.717) is 18.5 Å². The van der Waals surface area contributed by atoms with E-state index in [1.54, 1.807) is 0 Å². The zero-order chi connectivity index (χ0) is 22.0. The molecule has 0 bridgehead atoms. The molecule has 3 aromatic rings. The molecule has 1 N–H and O–H groups in total. The highest BCUT2D eigenvalue weighted by molar-refractivity contribution is 7.88. The maximum absolute atomic E-state index is 14.0. The summed E-state index contributed by atoms with van der Waals surface area (Å²) in [7, 11) is -3.74. The second-order valence-corrected chi connectivity index (χ2v) is 10.1. The molecule has 0 atom stereocenters. The summed E-state index contributed by atoms with van der Waals surface area (Å²) >= 11 is 5.98. The second kappa shape index (κ2) is 8.94. The van der Waals surface area contributed by atoms with Crippen LogP contribution in [0.2, 0.25) is 5.02 Å². The van der Waals surface area contributed by atoms with Gasteiger partial charge in [0.15, 0.2) is 0 Å². The molecule has 5 nitrogen and oxygen atoms in total. The zero-order valence-electron chi connectivity index (χ0n) is 16.7. The van der Waals surface area contributed by atoms with E-state index in [1.165, 1.54) is 22.5 Å². The van der Waals surface area contributed by atoms with Crippen molar-refractivity contribution in [2.75, 3.05) is 18.4 Å². The fourth-order valence-electron chi connectivity index (χ4n) is 3.85. The summed E-state index contributed by atoms with van der Waals surface area (Å²) in [5, 5.41) is 5.16. The van der Waals surface area contributed by atoms with Crippen LogP contribution in [0.1, 0.15) is 18.4 Å². The smallest absolute Gasteiger partial charge is 0.227 e. The van der Waals surface area contributed by atoms with Crippen molar-refractivity contribution in [1.29, 1.82) is 0 Å². The van der Waals surface area contributed by atoms with E-state index >= 15 is 0 Å². The normalized spacial score (nSPS) is 15.8. The minimum Gasteiger partial charge on any atom is -0.326 e. The van der Waals surface area contributed by atoms with Crippen molar-refractivity contribution in [3.63, 3.8) is 0 Å². The van der Waals surface area contributed by atoms with E-state index in [9.17, 15) is 17.6 Å². The van der Waals surface area contributed by atoms with E-state index in [-0.39, 0.29) is 35.5 Å². The second-order valence-electron chi connectivity index (χ2n) is 7.68. The summed E-state index contributed by atoms with van der Waals surface area (Å²) < 4.78 is 40.8. The van der Waals surface area contributed by atoms with E-state index < -0.39 is 21.6 Å². The summed E-state index contributed by atoms with van der Waals surface area (Å²) in [5.41, 5.74) is 0.688. The van der Waals surface area contributed by atoms with Crippen LogP contribution in [0.3, 0.4) is 0 Å². The van der Waals surface area contributed by atoms with E-state index in [1.807, 2.05) is 42.5 Å². The number of rotatable bonds is 5. The van der Waals surface area contributed by atoms with Gasteiger partial charge in [0, 0.05) is 35.3 Å². The number of hydrogen-bond donors (Lipinski definition) is 1. The van der Waals surface area contributed by atoms with Gasteiger partial charge in [0.1, 0.15) is 5.82 Å². The highest BCUT2D eigenvalue weighted by Gasteiger charge is 2.32. The number of piperidine rings is 1. The molecule has 8 heteroatoms. The van der Waals surface area contributed by atoms with Gasteiger partial charge < -0.3 is 5.32 Å². The number of amides is 1. The lowest BCUT2D eigenvalue weighted by molar-refractivity contribution is -0.120. The molecule has 0 unspecified atom stereocenters. The molecule has 1 aliphatic rings. The van der Waals surface area contributed by atoms with Gasteiger partial charge >= 0.3 is 0 Å². The van der Waals surface area contributed by atoms with Crippen LogP contribution >= 0.6 is 11.6 Å². The van der Waals surface area contributed by atoms with Crippen molar-refractivity contribution in [3.8, 4) is 0 Å². The highest BCUT2D eigenvalue weighted by Crippen LogP contribution is 2.27. The first kappa shape index (κ1) is 21.7. The molecule has 3 aromatic carbocycles. The maximum atomic E-state index is 14.0. The SMILES string of the molecule is O=C(Nc1ccc2ccccc2c1)C1CCN(S(=O)(=O)Cc2c(F)cccc2Cl)CC1. The molecule has 0 aromatic heterocycles. The number of nitrogens with one attached hydrogen (secondary N) is 1. The number of benzene rings is 3. The number of fused-ring (bicyclic) bond motifs is 1. The lowest BCUT2D eigenvalue weighted by atomic mass is 9.97. The number of anilines is 1. The maximum Gasteiger partial charge on any atom is 0.227 e. The third-order valence-corrected chi connectivity index (χ3v) is 7.78. The molecule has 1 aliphatic heterocycles. The van der Waals surface area contributed by atoms with Crippen molar-refractivity contribution < 1.29 is 17.6 Å². The van der Waals surface area contributed by atoms with Crippen molar-refractivity contribution >= 4 is 44.0 Å². The Balaban J connectivity index is 1.37. The van der Waals surface area contributed by atoms with Crippen LogP contribution in [0.4, 0.5) is 10.1 Å². The predicted octanol–water partition coefficient (Wildman–Crippen LogP) is 4.81. The Morgan fingerprint density at radius 1 is 1.03 bits per heavy atom. The Hall–Kier alpha value is -2.48. The standard InChI is InChI=1S/C23H22ClFN2O3S/c24-21-6-3-7-22(25)20(21)15-31(29,30)27-12-10-17(11-13-27)23(28)26-19-9-8-16-4-1-2-5-18(16)14-19/h1-9,14,17H,10-13,15H2,(H,26,28). The number of sulfonamides is 1. The summed E-state index contributed by atoms with van der Waals surface area (Å²) in [6.07, 6.45) is 0.813. The molecule has 0 radical (unpaired) electrons. The average molecular weight is 461 g/mol. The molecule has 1 amide bonds. The fourth-order valence-corrected chi connectivity index (χ4v) is 5.77. The highest BCUT2D eigenvalue weighted by atomic mass is 35.5. The van der Waals surface area contributed by atoms with E-state index in [0.717, 1.165) is 10.8 Å². The molecule has 1 heterocycles. The molecule has 31 heavy (non-hydrogen) atoms. The molecule has 0 spiro atoms. The lowest BCUT2D eigenvalue weighted by Gasteiger charge is -2.30.